The lowest BCUT2D eigenvalue weighted by Crippen LogP contribution is -2.62. The summed E-state index contributed by atoms with van der Waals surface area (Å²) in [6.07, 6.45) is 1.11. The lowest BCUT2D eigenvalue weighted by atomic mass is 9.94. The second kappa shape index (κ2) is 6.99. The Labute approximate surface area is 148 Å². The Morgan fingerprint density at radius 2 is 1.62 bits per heavy atom. The molecule has 2 nitrogen and oxygen atoms in total. The van der Waals surface area contributed by atoms with E-state index in [1.807, 2.05) is 14.2 Å². The van der Waals surface area contributed by atoms with E-state index in [1.54, 1.807) is 0 Å². The fraction of sp³-hybridized carbons (Fsp3) is 0.524. The van der Waals surface area contributed by atoms with Gasteiger partial charge in [0.2, 0.25) is 0 Å². The number of benzene rings is 2. The zero-order valence-corrected chi connectivity index (χ0v) is 17.5. The van der Waals surface area contributed by atoms with E-state index in [4.69, 9.17) is 8.85 Å². The van der Waals surface area contributed by atoms with E-state index in [9.17, 15) is 0 Å². The molecule has 0 saturated carbocycles. The molecule has 0 N–H and O–H groups in total. The van der Waals surface area contributed by atoms with Crippen molar-refractivity contribution in [1.29, 1.82) is 0 Å². The molecule has 0 fully saturated rings. The molecule has 0 heterocycles. The highest BCUT2D eigenvalue weighted by atomic mass is 28.4. The summed E-state index contributed by atoms with van der Waals surface area (Å²) in [5.41, 5.74) is 2.56. The van der Waals surface area contributed by atoms with Crippen LogP contribution >= 0.6 is 0 Å². The molecule has 132 valence electrons. The predicted molar refractivity (Wildman–Crippen MR) is 106 cm³/mol. The molecule has 2 aromatic rings. The highest BCUT2D eigenvalue weighted by molar-refractivity contribution is 6.86. The van der Waals surface area contributed by atoms with Crippen molar-refractivity contribution in [2.45, 2.75) is 53.0 Å². The maximum absolute atomic E-state index is 6.32. The van der Waals surface area contributed by atoms with Crippen molar-refractivity contribution >= 4 is 24.5 Å². The Morgan fingerprint density at radius 1 is 1.00 bits per heavy atom. The molecule has 24 heavy (non-hydrogen) atoms. The zero-order valence-electron chi connectivity index (χ0n) is 16.5. The van der Waals surface area contributed by atoms with Gasteiger partial charge in [0.1, 0.15) is 0 Å². The average Bonchev–Trinajstić information content (AvgIpc) is 2.57. The summed E-state index contributed by atoms with van der Waals surface area (Å²) in [5.74, 6) is 0.503. The van der Waals surface area contributed by atoms with Gasteiger partial charge in [-0.1, -0.05) is 64.4 Å². The van der Waals surface area contributed by atoms with Crippen LogP contribution in [0.5, 0.6) is 0 Å². The van der Waals surface area contributed by atoms with Crippen molar-refractivity contribution in [2.24, 2.45) is 5.92 Å². The second-order valence-electron chi connectivity index (χ2n) is 7.49. The molecule has 0 radical (unpaired) electrons. The fourth-order valence-corrected chi connectivity index (χ4v) is 8.46. The highest BCUT2D eigenvalue weighted by Gasteiger charge is 2.56. The molecule has 0 aliphatic carbocycles. The summed E-state index contributed by atoms with van der Waals surface area (Å²) in [6.45, 7) is 13.6. The molecule has 0 bridgehead atoms. The number of rotatable bonds is 6. The molecule has 1 atom stereocenters. The quantitative estimate of drug-likeness (QED) is 0.668. The van der Waals surface area contributed by atoms with Crippen LogP contribution < -0.4 is 5.19 Å². The van der Waals surface area contributed by atoms with Crippen LogP contribution in [0.15, 0.2) is 30.3 Å². The monoisotopic (exact) mass is 344 g/mol. The third-order valence-electron chi connectivity index (χ3n) is 6.06. The molecule has 0 saturated heterocycles. The van der Waals surface area contributed by atoms with Gasteiger partial charge in [-0.05, 0) is 41.7 Å². The Bertz CT molecular complexity index is 717. The molecular weight excluding hydrogens is 312 g/mol. The van der Waals surface area contributed by atoms with Gasteiger partial charge in [0.05, 0.1) is 0 Å². The van der Waals surface area contributed by atoms with Crippen LogP contribution in [0.1, 0.15) is 45.2 Å². The fourth-order valence-electron chi connectivity index (χ4n) is 4.06. The minimum absolute atomic E-state index is 0.0490. The van der Waals surface area contributed by atoms with Crippen molar-refractivity contribution in [1.82, 2.24) is 0 Å². The van der Waals surface area contributed by atoms with Gasteiger partial charge in [-0.3, -0.25) is 0 Å². The average molecular weight is 345 g/mol. The van der Waals surface area contributed by atoms with Gasteiger partial charge in [-0.25, -0.2) is 0 Å². The van der Waals surface area contributed by atoms with E-state index in [-0.39, 0.29) is 5.04 Å². The van der Waals surface area contributed by atoms with Gasteiger partial charge in [0.15, 0.2) is 0 Å². The van der Waals surface area contributed by atoms with E-state index < -0.39 is 8.56 Å². The second-order valence-corrected chi connectivity index (χ2v) is 11.3. The first kappa shape index (κ1) is 19.2. The normalized spacial score (nSPS) is 14.2. The SMILES string of the molecule is CCC(C)C(C)(C)[Si](OC)(OC)c1c(C)ccc2cccc(C)c12. The third kappa shape index (κ3) is 2.73. The summed E-state index contributed by atoms with van der Waals surface area (Å²) in [7, 11) is 0.988. The van der Waals surface area contributed by atoms with E-state index in [0.717, 1.165) is 6.42 Å². The van der Waals surface area contributed by atoms with E-state index >= 15 is 0 Å². The van der Waals surface area contributed by atoms with E-state index in [1.165, 1.54) is 27.1 Å². The van der Waals surface area contributed by atoms with Gasteiger partial charge >= 0.3 is 8.56 Å². The summed E-state index contributed by atoms with van der Waals surface area (Å²) in [5, 5.41) is 3.83. The molecule has 0 spiro atoms. The van der Waals surface area contributed by atoms with Crippen molar-refractivity contribution < 1.29 is 8.85 Å². The summed E-state index contributed by atoms with van der Waals surface area (Å²) in [6, 6.07) is 10.9. The minimum Gasteiger partial charge on any atom is -0.394 e. The van der Waals surface area contributed by atoms with Gasteiger partial charge < -0.3 is 8.85 Å². The van der Waals surface area contributed by atoms with E-state index in [0.29, 0.717) is 5.92 Å². The Hall–Kier alpha value is -1.16. The van der Waals surface area contributed by atoms with Crippen LogP contribution in [-0.2, 0) is 8.85 Å². The molecule has 2 aromatic carbocycles. The molecule has 0 amide bonds. The predicted octanol–water partition coefficient (Wildman–Crippen LogP) is 5.22. The van der Waals surface area contributed by atoms with Crippen LogP contribution in [-0.4, -0.2) is 22.8 Å². The number of fused-ring (bicyclic) bond motifs is 1. The van der Waals surface area contributed by atoms with Crippen LogP contribution in [0.4, 0.5) is 0 Å². The molecule has 2 rings (SSSR count). The summed E-state index contributed by atoms with van der Waals surface area (Å²) < 4.78 is 12.6. The Kier molecular flexibility index (Phi) is 5.58. The molecule has 1 unspecified atom stereocenters. The first-order valence-electron chi connectivity index (χ1n) is 8.86. The summed E-state index contributed by atoms with van der Waals surface area (Å²) >= 11 is 0. The molecule has 0 aliphatic heterocycles. The molecule has 3 heteroatoms. The van der Waals surface area contributed by atoms with Crippen molar-refractivity contribution in [3.8, 4) is 0 Å². The first-order valence-corrected chi connectivity index (χ1v) is 10.7. The Morgan fingerprint density at radius 3 is 2.17 bits per heavy atom. The maximum Gasteiger partial charge on any atom is 0.379 e. The minimum atomic E-state index is -2.67. The number of hydrogen-bond donors (Lipinski definition) is 0. The maximum atomic E-state index is 6.32. The smallest absolute Gasteiger partial charge is 0.379 e. The summed E-state index contributed by atoms with van der Waals surface area (Å²) in [4.78, 5) is 0. The van der Waals surface area contributed by atoms with Crippen LogP contribution in [0.25, 0.3) is 10.8 Å². The van der Waals surface area contributed by atoms with Crippen LogP contribution in [0.3, 0.4) is 0 Å². The van der Waals surface area contributed by atoms with Gasteiger partial charge in [0.25, 0.3) is 0 Å². The van der Waals surface area contributed by atoms with E-state index in [2.05, 4.69) is 71.9 Å². The number of hydrogen-bond acceptors (Lipinski definition) is 2. The van der Waals surface area contributed by atoms with Crippen molar-refractivity contribution in [2.75, 3.05) is 14.2 Å². The lowest BCUT2D eigenvalue weighted by Gasteiger charge is -2.46. The third-order valence-corrected chi connectivity index (χ3v) is 10.7. The number of aryl methyl sites for hydroxylation is 2. The van der Waals surface area contributed by atoms with Crippen molar-refractivity contribution in [3.63, 3.8) is 0 Å². The zero-order chi connectivity index (χ0) is 18.1. The lowest BCUT2D eigenvalue weighted by molar-refractivity contribution is 0.201. The highest BCUT2D eigenvalue weighted by Crippen LogP contribution is 2.47. The molecule has 0 aliphatic rings. The topological polar surface area (TPSA) is 18.5 Å². The van der Waals surface area contributed by atoms with Gasteiger partial charge in [0, 0.05) is 24.4 Å². The Balaban J connectivity index is 2.92. The standard InChI is InChI=1S/C21H32O2Si/c1-9-17(4)21(5,6)24(22-7,23-8)20-16(3)13-14-18-12-10-11-15(2)19(18)20/h10-14,17H,9H2,1-8H3. The van der Waals surface area contributed by atoms with Gasteiger partial charge in [-0.15, -0.1) is 0 Å². The largest absolute Gasteiger partial charge is 0.394 e. The van der Waals surface area contributed by atoms with Crippen LogP contribution in [0.2, 0.25) is 5.04 Å². The van der Waals surface area contributed by atoms with Crippen molar-refractivity contribution in [3.05, 3.63) is 41.5 Å². The van der Waals surface area contributed by atoms with Crippen LogP contribution in [0, 0.1) is 19.8 Å². The first-order chi connectivity index (χ1) is 11.3. The van der Waals surface area contributed by atoms with Gasteiger partial charge in [-0.2, -0.15) is 0 Å². The molecular formula is C21H32O2Si. The molecule has 0 aromatic heterocycles.